The Morgan fingerprint density at radius 3 is 2.53 bits per heavy atom. The van der Waals surface area contributed by atoms with Gasteiger partial charge in [-0.2, -0.15) is 0 Å². The van der Waals surface area contributed by atoms with Crippen molar-refractivity contribution >= 4 is 5.97 Å². The molecule has 0 aliphatic carbocycles. The zero-order valence-corrected chi connectivity index (χ0v) is 7.72. The summed E-state index contributed by atoms with van der Waals surface area (Å²) in [5, 5.41) is 30.5. The molecule has 1 saturated heterocycles. The first kappa shape index (κ1) is 11.7. The summed E-state index contributed by atoms with van der Waals surface area (Å²) in [5.74, 6) is -1.13. The van der Waals surface area contributed by atoms with E-state index in [1.807, 2.05) is 0 Å². The number of hydrogen-bond donors (Lipinski definition) is 3. The molecule has 1 aliphatic rings. The van der Waals surface area contributed by atoms with Crippen LogP contribution in [-0.4, -0.2) is 52.2 Å². The summed E-state index contributed by atoms with van der Waals surface area (Å²) < 4.78 is 5.05. The lowest BCUT2D eigenvalue weighted by molar-refractivity contribution is -0.141. The zero-order chi connectivity index (χ0) is 11.4. The van der Waals surface area contributed by atoms with E-state index in [2.05, 4.69) is 10.0 Å². The molecule has 0 bridgehead atoms. The van der Waals surface area contributed by atoms with Gasteiger partial charge in [-0.05, 0) is 5.53 Å². The van der Waals surface area contributed by atoms with E-state index in [1.165, 1.54) is 0 Å². The highest BCUT2D eigenvalue weighted by atomic mass is 16.5. The molecule has 1 aliphatic heterocycles. The van der Waals surface area contributed by atoms with Gasteiger partial charge in [0.15, 0.2) is 0 Å². The van der Waals surface area contributed by atoms with Crippen LogP contribution in [0.3, 0.4) is 0 Å². The predicted molar refractivity (Wildman–Crippen MR) is 46.9 cm³/mol. The summed E-state index contributed by atoms with van der Waals surface area (Å²) >= 11 is 0. The van der Waals surface area contributed by atoms with E-state index in [4.69, 9.17) is 15.4 Å². The van der Waals surface area contributed by atoms with Gasteiger partial charge in [-0.1, -0.05) is 5.11 Å². The van der Waals surface area contributed by atoms with E-state index in [-0.39, 0.29) is 6.54 Å². The van der Waals surface area contributed by atoms with Crippen molar-refractivity contribution in [3.63, 3.8) is 0 Å². The minimum atomic E-state index is -1.26. The molecule has 0 aromatic carbocycles. The third-order valence-corrected chi connectivity index (χ3v) is 2.16. The maximum Gasteiger partial charge on any atom is 0.306 e. The van der Waals surface area contributed by atoms with Crippen LogP contribution in [0.1, 0.15) is 6.42 Å². The van der Waals surface area contributed by atoms with Crippen LogP contribution in [0.15, 0.2) is 5.11 Å². The molecule has 0 amide bonds. The van der Waals surface area contributed by atoms with Crippen molar-refractivity contribution in [2.45, 2.75) is 30.8 Å². The summed E-state index contributed by atoms with van der Waals surface area (Å²) in [4.78, 5) is 12.9. The fourth-order valence-corrected chi connectivity index (χ4v) is 1.43. The lowest BCUT2D eigenvalue weighted by Crippen LogP contribution is -2.34. The fraction of sp³-hybridized carbons (Fsp3) is 0.857. The highest BCUT2D eigenvalue weighted by Crippen LogP contribution is 2.23. The standard InChI is InChI=1S/C7H11N3O5/c8-10-9-2-4-7(14)6(13)3(15-4)1-5(11)12/h3-4,6-7,13-14H,1-2H2,(H,11,12)/t3-,4+,6-,7+/m0/s1. The molecule has 4 atom stereocenters. The van der Waals surface area contributed by atoms with Gasteiger partial charge in [0.2, 0.25) is 0 Å². The van der Waals surface area contributed by atoms with Crippen molar-refractivity contribution in [3.8, 4) is 0 Å². The van der Waals surface area contributed by atoms with E-state index >= 15 is 0 Å². The van der Waals surface area contributed by atoms with Gasteiger partial charge in [0.25, 0.3) is 0 Å². The van der Waals surface area contributed by atoms with Crippen molar-refractivity contribution in [3.05, 3.63) is 10.4 Å². The number of aliphatic hydroxyl groups excluding tert-OH is 2. The number of hydrogen-bond acceptors (Lipinski definition) is 5. The molecule has 1 heterocycles. The van der Waals surface area contributed by atoms with Gasteiger partial charge in [0.1, 0.15) is 12.2 Å². The van der Waals surface area contributed by atoms with Gasteiger partial charge < -0.3 is 20.1 Å². The van der Waals surface area contributed by atoms with E-state index in [9.17, 15) is 15.0 Å². The number of aliphatic hydroxyl groups is 2. The number of carbonyl (C=O) groups is 1. The fourth-order valence-electron chi connectivity index (χ4n) is 1.43. The van der Waals surface area contributed by atoms with Crippen molar-refractivity contribution in [1.82, 2.24) is 0 Å². The molecule has 0 spiro atoms. The normalized spacial score (nSPS) is 34.8. The molecule has 8 nitrogen and oxygen atoms in total. The molecule has 1 rings (SSSR count). The van der Waals surface area contributed by atoms with E-state index in [0.717, 1.165) is 0 Å². The first-order valence-corrected chi connectivity index (χ1v) is 4.30. The Labute approximate surface area is 84.7 Å². The summed E-state index contributed by atoms with van der Waals surface area (Å²) in [6.07, 6.45) is -4.69. The number of carboxylic acids is 1. The Morgan fingerprint density at radius 1 is 1.40 bits per heavy atom. The summed E-state index contributed by atoms with van der Waals surface area (Å²) in [6, 6.07) is 0. The van der Waals surface area contributed by atoms with Crippen LogP contribution in [0.2, 0.25) is 0 Å². The SMILES string of the molecule is [N-]=[N+]=NC[C@H]1O[C@@H](CC(=O)O)[C@H](O)[C@@H]1O. The van der Waals surface area contributed by atoms with Gasteiger partial charge in [-0.15, -0.1) is 0 Å². The lowest BCUT2D eigenvalue weighted by atomic mass is 10.1. The molecule has 0 radical (unpaired) electrons. The van der Waals surface area contributed by atoms with Crippen molar-refractivity contribution in [2.75, 3.05) is 6.54 Å². The molecule has 84 valence electrons. The Kier molecular flexibility index (Phi) is 3.87. The third kappa shape index (κ3) is 2.80. The molecule has 0 aromatic rings. The van der Waals surface area contributed by atoms with Gasteiger partial charge in [-0.25, -0.2) is 0 Å². The Hall–Kier alpha value is -1.34. The van der Waals surface area contributed by atoms with Gasteiger partial charge in [-0.3, -0.25) is 4.79 Å². The topological polar surface area (TPSA) is 136 Å². The van der Waals surface area contributed by atoms with Gasteiger partial charge >= 0.3 is 5.97 Å². The number of carboxylic acid groups (broad SMARTS) is 1. The van der Waals surface area contributed by atoms with Crippen LogP contribution in [0.5, 0.6) is 0 Å². The van der Waals surface area contributed by atoms with Crippen LogP contribution in [0, 0.1) is 0 Å². The molecule has 1 fully saturated rings. The maximum absolute atomic E-state index is 10.4. The predicted octanol–water partition coefficient (Wildman–Crippen LogP) is -0.739. The van der Waals surface area contributed by atoms with Crippen LogP contribution in [0.4, 0.5) is 0 Å². The van der Waals surface area contributed by atoms with Crippen molar-refractivity contribution in [1.29, 1.82) is 0 Å². The van der Waals surface area contributed by atoms with E-state index < -0.39 is 36.8 Å². The zero-order valence-electron chi connectivity index (χ0n) is 7.72. The minimum Gasteiger partial charge on any atom is -0.481 e. The molecule has 15 heavy (non-hydrogen) atoms. The van der Waals surface area contributed by atoms with E-state index in [1.54, 1.807) is 0 Å². The summed E-state index contributed by atoms with van der Waals surface area (Å²) in [7, 11) is 0. The van der Waals surface area contributed by atoms with Crippen LogP contribution < -0.4 is 0 Å². The molecular formula is C7H11N3O5. The Balaban J connectivity index is 2.58. The van der Waals surface area contributed by atoms with Crippen molar-refractivity contribution in [2.24, 2.45) is 5.11 Å². The van der Waals surface area contributed by atoms with Crippen LogP contribution in [0.25, 0.3) is 10.4 Å². The molecular weight excluding hydrogens is 206 g/mol. The number of azide groups is 1. The second-order valence-electron chi connectivity index (χ2n) is 3.21. The van der Waals surface area contributed by atoms with Gasteiger partial charge in [0.05, 0.1) is 25.2 Å². The van der Waals surface area contributed by atoms with Crippen LogP contribution >= 0.6 is 0 Å². The highest BCUT2D eigenvalue weighted by molar-refractivity contribution is 5.67. The number of ether oxygens (including phenoxy) is 1. The Morgan fingerprint density at radius 2 is 2.00 bits per heavy atom. The average molecular weight is 217 g/mol. The van der Waals surface area contributed by atoms with E-state index in [0.29, 0.717) is 0 Å². The molecule has 8 heteroatoms. The van der Waals surface area contributed by atoms with Crippen molar-refractivity contribution < 1.29 is 24.9 Å². The number of aliphatic carboxylic acids is 1. The number of nitrogens with zero attached hydrogens (tertiary/aromatic N) is 3. The monoisotopic (exact) mass is 217 g/mol. The first-order chi connectivity index (χ1) is 7.06. The second kappa shape index (κ2) is 4.94. The average Bonchev–Trinajstić information content (AvgIpc) is 2.42. The second-order valence-corrected chi connectivity index (χ2v) is 3.21. The smallest absolute Gasteiger partial charge is 0.306 e. The minimum absolute atomic E-state index is 0.134. The number of rotatable bonds is 4. The summed E-state index contributed by atoms with van der Waals surface area (Å²) in [6.45, 7) is -0.134. The molecule has 3 N–H and O–H groups in total. The molecule has 0 aromatic heterocycles. The van der Waals surface area contributed by atoms with Gasteiger partial charge in [0, 0.05) is 4.91 Å². The summed E-state index contributed by atoms with van der Waals surface area (Å²) in [5.41, 5.74) is 8.05. The first-order valence-electron chi connectivity index (χ1n) is 4.30. The Bertz CT molecular complexity index is 276. The quantitative estimate of drug-likeness (QED) is 0.323. The largest absolute Gasteiger partial charge is 0.481 e. The molecule has 0 unspecified atom stereocenters. The van der Waals surface area contributed by atoms with Crippen LogP contribution in [-0.2, 0) is 9.53 Å². The lowest BCUT2D eigenvalue weighted by Gasteiger charge is -2.11. The highest BCUT2D eigenvalue weighted by Gasteiger charge is 2.42. The third-order valence-electron chi connectivity index (χ3n) is 2.16. The maximum atomic E-state index is 10.4. The molecule has 0 saturated carbocycles.